The maximum atomic E-state index is 12.1. The standard InChI is InChI=1S/C29H46O6/c1-17(2)7-6-8-18(3)21-9-10-22-23-13-24(34-19(4)31)28(33)14-20(32)11-12-27(28,16-30)29(23)25(35-29)15-26(21,22)5/h13,17-18,20-22,24-25,30,32-33H,6-12,14-16H2,1-5H3/t18?,20-,21?,22?,24?,25+,26+,27+,28?,29?/m0/s1. The van der Waals surface area contributed by atoms with Crippen LogP contribution in [0.3, 0.4) is 0 Å². The van der Waals surface area contributed by atoms with Gasteiger partial charge in [0.25, 0.3) is 0 Å². The minimum Gasteiger partial charge on any atom is -0.455 e. The Morgan fingerprint density at radius 1 is 1.20 bits per heavy atom. The number of carbonyl (C=O) groups is 1. The summed E-state index contributed by atoms with van der Waals surface area (Å²) in [7, 11) is 0. The molecule has 5 aliphatic rings. The van der Waals surface area contributed by atoms with Gasteiger partial charge in [-0.3, -0.25) is 4.79 Å². The molecule has 1 heterocycles. The van der Waals surface area contributed by atoms with E-state index in [1.54, 1.807) is 0 Å². The van der Waals surface area contributed by atoms with E-state index in [1.165, 1.54) is 32.6 Å². The molecule has 10 atom stereocenters. The summed E-state index contributed by atoms with van der Waals surface area (Å²) in [6, 6.07) is 0. The lowest BCUT2D eigenvalue weighted by Crippen LogP contribution is -2.72. The van der Waals surface area contributed by atoms with Crippen LogP contribution in [-0.4, -0.2) is 57.4 Å². The van der Waals surface area contributed by atoms with Gasteiger partial charge in [0.2, 0.25) is 0 Å². The highest BCUT2D eigenvalue weighted by atomic mass is 16.6. The average Bonchev–Trinajstić information content (AvgIpc) is 3.37. The van der Waals surface area contributed by atoms with Crippen LogP contribution in [0.25, 0.3) is 0 Å². The van der Waals surface area contributed by atoms with Crippen LogP contribution in [-0.2, 0) is 14.3 Å². The largest absolute Gasteiger partial charge is 0.455 e. The summed E-state index contributed by atoms with van der Waals surface area (Å²) >= 11 is 0. The van der Waals surface area contributed by atoms with Gasteiger partial charge in [0.05, 0.1) is 24.2 Å². The summed E-state index contributed by atoms with van der Waals surface area (Å²) in [5.41, 5.74) is -2.01. The van der Waals surface area contributed by atoms with Crippen molar-refractivity contribution < 1.29 is 29.6 Å². The van der Waals surface area contributed by atoms with Crippen LogP contribution in [0.2, 0.25) is 0 Å². The Bertz CT molecular complexity index is 884. The van der Waals surface area contributed by atoms with Crippen LogP contribution in [0.5, 0.6) is 0 Å². The fraction of sp³-hybridized carbons (Fsp3) is 0.897. The van der Waals surface area contributed by atoms with Crippen molar-refractivity contribution in [3.63, 3.8) is 0 Å². The van der Waals surface area contributed by atoms with Gasteiger partial charge in [-0.2, -0.15) is 0 Å². The van der Waals surface area contributed by atoms with E-state index in [0.29, 0.717) is 24.7 Å². The Morgan fingerprint density at radius 3 is 2.60 bits per heavy atom. The second kappa shape index (κ2) is 8.54. The van der Waals surface area contributed by atoms with Crippen molar-refractivity contribution >= 4 is 5.97 Å². The van der Waals surface area contributed by atoms with E-state index in [9.17, 15) is 20.1 Å². The summed E-state index contributed by atoms with van der Waals surface area (Å²) in [5, 5.41) is 33.5. The second-order valence-electron chi connectivity index (χ2n) is 13.3. The molecular weight excluding hydrogens is 444 g/mol. The Kier molecular flexibility index (Phi) is 6.27. The lowest BCUT2D eigenvalue weighted by atomic mass is 9.44. The predicted molar refractivity (Wildman–Crippen MR) is 132 cm³/mol. The van der Waals surface area contributed by atoms with Gasteiger partial charge >= 0.3 is 5.97 Å². The first kappa shape index (κ1) is 25.7. The number of carbonyl (C=O) groups excluding carboxylic acids is 1. The summed E-state index contributed by atoms with van der Waals surface area (Å²) < 4.78 is 12.4. The number of esters is 1. The highest BCUT2D eigenvalue weighted by Crippen LogP contribution is 2.76. The third kappa shape index (κ3) is 3.45. The maximum absolute atomic E-state index is 12.1. The van der Waals surface area contributed by atoms with Gasteiger partial charge in [0.15, 0.2) is 0 Å². The van der Waals surface area contributed by atoms with Crippen LogP contribution in [0.1, 0.15) is 92.4 Å². The molecular formula is C29H46O6. The number of hydrogen-bond donors (Lipinski definition) is 3. The van der Waals surface area contributed by atoms with Crippen molar-refractivity contribution in [1.29, 1.82) is 0 Å². The molecule has 0 bridgehead atoms. The van der Waals surface area contributed by atoms with Gasteiger partial charge in [-0.05, 0) is 72.8 Å². The Hall–Kier alpha value is -0.950. The highest BCUT2D eigenvalue weighted by molar-refractivity contribution is 5.67. The first-order valence-electron chi connectivity index (χ1n) is 14.0. The molecule has 0 aromatic rings. The van der Waals surface area contributed by atoms with Crippen LogP contribution in [0.4, 0.5) is 0 Å². The average molecular weight is 491 g/mol. The lowest BCUT2D eigenvalue weighted by Gasteiger charge is -2.61. The van der Waals surface area contributed by atoms with Gasteiger partial charge in [-0.15, -0.1) is 0 Å². The normalized spacial score (nSPS) is 48.8. The third-order valence-electron chi connectivity index (χ3n) is 11.0. The minimum absolute atomic E-state index is 0.0503. The van der Waals surface area contributed by atoms with Crippen LogP contribution < -0.4 is 0 Å². The Labute approximate surface area is 210 Å². The van der Waals surface area contributed by atoms with Crippen LogP contribution >= 0.6 is 0 Å². The molecule has 5 rings (SSSR count). The molecule has 0 radical (unpaired) electrons. The monoisotopic (exact) mass is 490 g/mol. The molecule has 35 heavy (non-hydrogen) atoms. The summed E-state index contributed by atoms with van der Waals surface area (Å²) in [6.45, 7) is 10.5. The van der Waals surface area contributed by atoms with Gasteiger partial charge in [0.1, 0.15) is 17.3 Å². The molecule has 0 aromatic heterocycles. The van der Waals surface area contributed by atoms with Crippen LogP contribution in [0.15, 0.2) is 11.6 Å². The molecule has 6 nitrogen and oxygen atoms in total. The van der Waals surface area contributed by atoms with Crippen molar-refractivity contribution in [1.82, 2.24) is 0 Å². The van der Waals surface area contributed by atoms with Crippen molar-refractivity contribution in [2.45, 2.75) is 122 Å². The number of epoxide rings is 1. The lowest BCUT2D eigenvalue weighted by molar-refractivity contribution is -0.237. The zero-order valence-electron chi connectivity index (χ0n) is 22.3. The highest BCUT2D eigenvalue weighted by Gasteiger charge is 2.83. The molecule has 1 spiro atoms. The molecule has 0 aromatic carbocycles. The van der Waals surface area contributed by atoms with Crippen molar-refractivity contribution in [3.8, 4) is 0 Å². The minimum atomic E-state index is -1.56. The molecule has 0 amide bonds. The van der Waals surface area contributed by atoms with Gasteiger partial charge in [-0.25, -0.2) is 0 Å². The third-order valence-corrected chi connectivity index (χ3v) is 11.0. The van der Waals surface area contributed by atoms with Crippen molar-refractivity contribution in [2.24, 2.45) is 34.5 Å². The maximum Gasteiger partial charge on any atom is 0.303 e. The molecule has 6 unspecified atom stereocenters. The molecule has 3 saturated carbocycles. The zero-order chi connectivity index (χ0) is 25.4. The van der Waals surface area contributed by atoms with E-state index in [0.717, 1.165) is 24.3 Å². The van der Waals surface area contributed by atoms with Gasteiger partial charge in [0, 0.05) is 13.3 Å². The molecule has 1 aliphatic heterocycles. The molecule has 1 saturated heterocycles. The summed E-state index contributed by atoms with van der Waals surface area (Å²) in [4.78, 5) is 12.1. The number of aliphatic hydroxyl groups excluding tert-OH is 2. The van der Waals surface area contributed by atoms with E-state index in [2.05, 4.69) is 27.7 Å². The van der Waals surface area contributed by atoms with Gasteiger partial charge in [-0.1, -0.05) is 47.0 Å². The van der Waals surface area contributed by atoms with Crippen LogP contribution in [0, 0.1) is 34.5 Å². The van der Waals surface area contributed by atoms with Gasteiger partial charge < -0.3 is 24.8 Å². The second-order valence-corrected chi connectivity index (χ2v) is 13.3. The van der Waals surface area contributed by atoms with Crippen molar-refractivity contribution in [2.75, 3.05) is 6.61 Å². The summed E-state index contributed by atoms with van der Waals surface area (Å²) in [6.07, 6.45) is 8.31. The predicted octanol–water partition coefficient (Wildman–Crippen LogP) is 4.15. The fourth-order valence-corrected chi connectivity index (χ4v) is 9.40. The number of fused-ring (bicyclic) bond motifs is 3. The molecule has 4 fully saturated rings. The first-order chi connectivity index (χ1) is 16.4. The number of ether oxygens (including phenoxy) is 2. The molecule has 6 heteroatoms. The van der Waals surface area contributed by atoms with E-state index in [1.807, 2.05) is 6.08 Å². The van der Waals surface area contributed by atoms with E-state index >= 15 is 0 Å². The van der Waals surface area contributed by atoms with Crippen molar-refractivity contribution in [3.05, 3.63) is 11.6 Å². The smallest absolute Gasteiger partial charge is 0.303 e. The molecule has 4 aliphatic carbocycles. The fourth-order valence-electron chi connectivity index (χ4n) is 9.40. The van der Waals surface area contributed by atoms with E-state index < -0.39 is 34.8 Å². The number of aliphatic hydroxyl groups is 3. The zero-order valence-corrected chi connectivity index (χ0v) is 22.3. The van der Waals surface area contributed by atoms with E-state index in [4.69, 9.17) is 9.47 Å². The Morgan fingerprint density at radius 2 is 1.94 bits per heavy atom. The number of rotatable bonds is 7. The molecule has 3 N–H and O–H groups in total. The molecule has 198 valence electrons. The Balaban J connectivity index is 1.52. The topological polar surface area (TPSA) is 99.5 Å². The quantitative estimate of drug-likeness (QED) is 0.282. The van der Waals surface area contributed by atoms with E-state index in [-0.39, 0.29) is 30.5 Å². The SMILES string of the molecule is CC(=O)OC1C=C2C3CCC(C(C)CCCC(C)C)[C@@]3(C)C[C@H]3OC23[C@@]2(CO)CC[C@H](O)CC12O. The summed E-state index contributed by atoms with van der Waals surface area (Å²) in [5.74, 6) is 1.80. The number of hydrogen-bond acceptors (Lipinski definition) is 6. The first-order valence-corrected chi connectivity index (χ1v) is 14.0.